The van der Waals surface area contributed by atoms with Gasteiger partial charge in [0.2, 0.25) is 0 Å². The fourth-order valence-electron chi connectivity index (χ4n) is 2.04. The number of hydrogen-bond acceptors (Lipinski definition) is 5. The lowest BCUT2D eigenvalue weighted by atomic mass is 10.1. The summed E-state index contributed by atoms with van der Waals surface area (Å²) in [5.41, 5.74) is 2.69. The molecule has 0 aliphatic carbocycles. The summed E-state index contributed by atoms with van der Waals surface area (Å²) in [5.74, 6) is -1.07. The zero-order chi connectivity index (χ0) is 17.4. The van der Waals surface area contributed by atoms with E-state index in [0.717, 1.165) is 19.3 Å². The molecule has 1 N–H and O–H groups in total. The highest BCUT2D eigenvalue weighted by Gasteiger charge is 2.12. The number of esters is 1. The summed E-state index contributed by atoms with van der Waals surface area (Å²) in [5, 5.41) is 2.69. The molecule has 1 aromatic heterocycles. The van der Waals surface area contributed by atoms with Crippen molar-refractivity contribution in [2.45, 2.75) is 33.1 Å². The van der Waals surface area contributed by atoms with Crippen molar-refractivity contribution >= 4 is 17.6 Å². The Labute approximate surface area is 141 Å². The average Bonchev–Trinajstić information content (AvgIpc) is 2.59. The van der Waals surface area contributed by atoms with Gasteiger partial charge in [0.25, 0.3) is 5.91 Å². The van der Waals surface area contributed by atoms with E-state index in [1.54, 1.807) is 6.92 Å². The van der Waals surface area contributed by atoms with E-state index in [2.05, 4.69) is 22.2 Å². The fourth-order valence-corrected chi connectivity index (χ4v) is 2.04. The zero-order valence-electron chi connectivity index (χ0n) is 13.9. The summed E-state index contributed by atoms with van der Waals surface area (Å²) in [7, 11) is 0. The number of hydrogen-bond donors (Lipinski definition) is 1. The van der Waals surface area contributed by atoms with Crippen LogP contribution in [0.5, 0.6) is 0 Å². The molecule has 0 aliphatic rings. The van der Waals surface area contributed by atoms with Crippen molar-refractivity contribution in [3.63, 3.8) is 0 Å². The molecule has 24 heavy (non-hydrogen) atoms. The molecule has 0 atom stereocenters. The molecule has 0 unspecified atom stereocenters. The average molecular weight is 327 g/mol. The first kappa shape index (κ1) is 17.6. The highest BCUT2D eigenvalue weighted by atomic mass is 16.5. The second-order valence-corrected chi connectivity index (χ2v) is 5.47. The first-order valence-corrected chi connectivity index (χ1v) is 7.93. The Kier molecular flexibility index (Phi) is 6.42. The van der Waals surface area contributed by atoms with Gasteiger partial charge in [0.1, 0.15) is 0 Å². The van der Waals surface area contributed by atoms with E-state index in [4.69, 9.17) is 4.74 Å². The highest BCUT2D eigenvalue weighted by Crippen LogP contribution is 2.11. The van der Waals surface area contributed by atoms with E-state index >= 15 is 0 Å². The SMILES string of the molecule is CCCCc1ccc(NC(=O)COC(=O)c2cnc(C)cn2)cc1. The second-order valence-electron chi connectivity index (χ2n) is 5.47. The van der Waals surface area contributed by atoms with Crippen LogP contribution in [0.3, 0.4) is 0 Å². The summed E-state index contributed by atoms with van der Waals surface area (Å²) >= 11 is 0. The van der Waals surface area contributed by atoms with Crippen LogP contribution in [-0.4, -0.2) is 28.5 Å². The summed E-state index contributed by atoms with van der Waals surface area (Å²) in [6.07, 6.45) is 6.11. The van der Waals surface area contributed by atoms with Crippen molar-refractivity contribution in [1.82, 2.24) is 9.97 Å². The maximum absolute atomic E-state index is 11.8. The molecule has 0 radical (unpaired) electrons. The third kappa shape index (κ3) is 5.46. The van der Waals surface area contributed by atoms with Crippen molar-refractivity contribution in [2.75, 3.05) is 11.9 Å². The lowest BCUT2D eigenvalue weighted by Gasteiger charge is -2.07. The number of aromatic nitrogens is 2. The van der Waals surface area contributed by atoms with E-state index in [9.17, 15) is 9.59 Å². The van der Waals surface area contributed by atoms with E-state index in [0.29, 0.717) is 11.4 Å². The van der Waals surface area contributed by atoms with Crippen LogP contribution in [0.25, 0.3) is 0 Å². The smallest absolute Gasteiger partial charge is 0.359 e. The molecule has 6 nitrogen and oxygen atoms in total. The topological polar surface area (TPSA) is 81.2 Å². The minimum atomic E-state index is -0.674. The number of benzene rings is 1. The van der Waals surface area contributed by atoms with Gasteiger partial charge in [-0.15, -0.1) is 0 Å². The first-order chi connectivity index (χ1) is 11.6. The molecular weight excluding hydrogens is 306 g/mol. The molecule has 2 aromatic rings. The molecule has 0 saturated heterocycles. The van der Waals surface area contributed by atoms with Crippen LogP contribution in [0.1, 0.15) is 41.5 Å². The van der Waals surface area contributed by atoms with E-state index in [-0.39, 0.29) is 12.3 Å². The molecule has 1 heterocycles. The number of anilines is 1. The maximum atomic E-state index is 11.8. The minimum Gasteiger partial charge on any atom is -0.451 e. The summed E-state index contributed by atoms with van der Waals surface area (Å²) in [4.78, 5) is 31.5. The fraction of sp³-hybridized carbons (Fsp3) is 0.333. The van der Waals surface area contributed by atoms with Gasteiger partial charge in [-0.3, -0.25) is 9.78 Å². The Morgan fingerprint density at radius 3 is 2.50 bits per heavy atom. The van der Waals surface area contributed by atoms with Crippen molar-refractivity contribution in [3.05, 3.63) is 53.6 Å². The predicted molar refractivity (Wildman–Crippen MR) is 90.7 cm³/mol. The molecule has 0 bridgehead atoms. The van der Waals surface area contributed by atoms with E-state index in [1.165, 1.54) is 18.0 Å². The van der Waals surface area contributed by atoms with Crippen LogP contribution in [0.4, 0.5) is 5.69 Å². The van der Waals surface area contributed by atoms with E-state index < -0.39 is 11.9 Å². The third-order valence-corrected chi connectivity index (χ3v) is 3.38. The van der Waals surface area contributed by atoms with Gasteiger partial charge in [0.05, 0.1) is 11.9 Å². The van der Waals surface area contributed by atoms with Gasteiger partial charge < -0.3 is 10.1 Å². The number of nitrogens with one attached hydrogen (secondary N) is 1. The standard InChI is InChI=1S/C18H21N3O3/c1-3-4-5-14-6-8-15(9-7-14)21-17(22)12-24-18(23)16-11-19-13(2)10-20-16/h6-11H,3-5,12H2,1-2H3,(H,21,22). The van der Waals surface area contributed by atoms with Gasteiger partial charge in [-0.2, -0.15) is 0 Å². The van der Waals surface area contributed by atoms with Gasteiger partial charge in [-0.05, 0) is 37.5 Å². The monoisotopic (exact) mass is 327 g/mol. The number of rotatable bonds is 7. The van der Waals surface area contributed by atoms with Gasteiger partial charge in [0, 0.05) is 11.9 Å². The van der Waals surface area contributed by atoms with Crippen molar-refractivity contribution in [1.29, 1.82) is 0 Å². The Balaban J connectivity index is 1.80. The third-order valence-electron chi connectivity index (χ3n) is 3.38. The number of nitrogens with zero attached hydrogens (tertiary/aromatic N) is 2. The number of unbranched alkanes of at least 4 members (excludes halogenated alkanes) is 1. The normalized spacial score (nSPS) is 10.2. The predicted octanol–water partition coefficient (Wildman–Crippen LogP) is 2.92. The molecule has 2 rings (SSSR count). The van der Waals surface area contributed by atoms with Crippen LogP contribution < -0.4 is 5.32 Å². The highest BCUT2D eigenvalue weighted by molar-refractivity contribution is 5.94. The Morgan fingerprint density at radius 1 is 1.12 bits per heavy atom. The van der Waals surface area contributed by atoms with Crippen LogP contribution >= 0.6 is 0 Å². The number of ether oxygens (including phenoxy) is 1. The minimum absolute atomic E-state index is 0.0775. The lowest BCUT2D eigenvalue weighted by Crippen LogP contribution is -2.21. The van der Waals surface area contributed by atoms with Crippen LogP contribution in [0, 0.1) is 6.92 Å². The van der Waals surface area contributed by atoms with Crippen molar-refractivity contribution in [3.8, 4) is 0 Å². The molecule has 0 fully saturated rings. The molecule has 6 heteroatoms. The zero-order valence-corrected chi connectivity index (χ0v) is 13.9. The lowest BCUT2D eigenvalue weighted by molar-refractivity contribution is -0.119. The van der Waals surface area contributed by atoms with Crippen molar-refractivity contribution < 1.29 is 14.3 Å². The second kappa shape index (κ2) is 8.76. The number of aryl methyl sites for hydroxylation is 2. The molecule has 1 amide bonds. The van der Waals surface area contributed by atoms with Crippen molar-refractivity contribution in [2.24, 2.45) is 0 Å². The summed E-state index contributed by atoms with van der Waals surface area (Å²) in [6, 6.07) is 7.66. The summed E-state index contributed by atoms with van der Waals surface area (Å²) in [6.45, 7) is 3.55. The molecule has 0 aliphatic heterocycles. The van der Waals surface area contributed by atoms with Gasteiger partial charge in [0.15, 0.2) is 12.3 Å². The largest absolute Gasteiger partial charge is 0.451 e. The molecule has 0 spiro atoms. The number of carbonyl (C=O) groups is 2. The molecule has 126 valence electrons. The first-order valence-electron chi connectivity index (χ1n) is 7.93. The number of amides is 1. The quantitative estimate of drug-likeness (QED) is 0.791. The molecule has 1 aromatic carbocycles. The van der Waals surface area contributed by atoms with E-state index in [1.807, 2.05) is 24.3 Å². The van der Waals surface area contributed by atoms with Gasteiger partial charge in [-0.1, -0.05) is 25.5 Å². The Morgan fingerprint density at radius 2 is 1.88 bits per heavy atom. The Hall–Kier alpha value is -2.76. The van der Waals surface area contributed by atoms with Gasteiger partial charge in [-0.25, -0.2) is 9.78 Å². The van der Waals surface area contributed by atoms with Gasteiger partial charge >= 0.3 is 5.97 Å². The van der Waals surface area contributed by atoms with Crippen LogP contribution in [-0.2, 0) is 16.0 Å². The van der Waals surface area contributed by atoms with Crippen LogP contribution in [0.15, 0.2) is 36.7 Å². The molecular formula is C18H21N3O3. The molecule has 0 saturated carbocycles. The maximum Gasteiger partial charge on any atom is 0.359 e. The number of carbonyl (C=O) groups excluding carboxylic acids is 2. The Bertz CT molecular complexity index is 682. The summed E-state index contributed by atoms with van der Waals surface area (Å²) < 4.78 is 4.93. The van der Waals surface area contributed by atoms with Crippen LogP contribution in [0.2, 0.25) is 0 Å².